The van der Waals surface area contributed by atoms with Crippen LogP contribution >= 0.6 is 15.8 Å². The molecule has 0 amide bonds. The highest BCUT2D eigenvalue weighted by Crippen LogP contribution is 2.50. The van der Waals surface area contributed by atoms with E-state index in [0.29, 0.717) is 6.61 Å². The summed E-state index contributed by atoms with van der Waals surface area (Å²) in [5, 5.41) is 5.44. The van der Waals surface area contributed by atoms with E-state index < -0.39 is 15.8 Å². The number of allylic oxidation sites excluding steroid dienone is 4. The number of hydrogen-bond acceptors (Lipinski definition) is 2. The van der Waals surface area contributed by atoms with E-state index in [2.05, 4.69) is 140 Å². The second kappa shape index (κ2) is 13.8. The van der Waals surface area contributed by atoms with E-state index in [1.807, 2.05) is 0 Å². The molecule has 2 nitrogen and oxygen atoms in total. The second-order valence-electron chi connectivity index (χ2n) is 10.4. The quantitative estimate of drug-likeness (QED) is 0.136. The smallest absolute Gasteiger partial charge is 0.302 e. The highest BCUT2D eigenvalue weighted by atomic mass is 31.1. The van der Waals surface area contributed by atoms with Crippen LogP contribution in [0.15, 0.2) is 145 Å². The lowest BCUT2D eigenvalue weighted by molar-refractivity contribution is -0.143. The van der Waals surface area contributed by atoms with Gasteiger partial charge in [-0.3, -0.25) is 4.79 Å². The van der Waals surface area contributed by atoms with Gasteiger partial charge in [0.1, 0.15) is 0 Å². The van der Waals surface area contributed by atoms with Gasteiger partial charge in [0.25, 0.3) is 0 Å². The molecule has 0 unspecified atom stereocenters. The molecule has 0 bridgehead atoms. The highest BCUT2D eigenvalue weighted by Gasteiger charge is 2.39. The van der Waals surface area contributed by atoms with Crippen LogP contribution in [0.1, 0.15) is 19.8 Å². The van der Waals surface area contributed by atoms with Gasteiger partial charge in [-0.05, 0) is 62.2 Å². The monoisotopic (exact) mass is 562 g/mol. The molecule has 0 saturated heterocycles. The van der Waals surface area contributed by atoms with Crippen molar-refractivity contribution < 1.29 is 9.53 Å². The summed E-state index contributed by atoms with van der Waals surface area (Å²) in [5.74, 6) is -0.213. The topological polar surface area (TPSA) is 26.3 Å². The third kappa shape index (κ3) is 7.45. The predicted molar refractivity (Wildman–Crippen MR) is 173 cm³/mol. The van der Waals surface area contributed by atoms with Gasteiger partial charge in [0.15, 0.2) is 0 Å². The summed E-state index contributed by atoms with van der Waals surface area (Å²) in [6.07, 6.45) is 10.4. The molecule has 0 fully saturated rings. The van der Waals surface area contributed by atoms with Crippen molar-refractivity contribution in [3.63, 3.8) is 0 Å². The molecule has 0 N–H and O–H groups in total. The first-order valence-corrected chi connectivity index (χ1v) is 16.9. The Morgan fingerprint density at radius 3 is 1.40 bits per heavy atom. The van der Waals surface area contributed by atoms with Crippen molar-refractivity contribution in [1.82, 2.24) is 0 Å². The van der Waals surface area contributed by atoms with Gasteiger partial charge in [-0.1, -0.05) is 145 Å². The summed E-state index contributed by atoms with van der Waals surface area (Å²) in [6.45, 7) is 1.95. The van der Waals surface area contributed by atoms with Crippen molar-refractivity contribution in [3.05, 3.63) is 145 Å². The molecule has 4 aromatic rings. The van der Waals surface area contributed by atoms with Gasteiger partial charge in [0.05, 0.1) is 6.61 Å². The van der Waals surface area contributed by atoms with Crippen LogP contribution in [0.25, 0.3) is 0 Å². The summed E-state index contributed by atoms with van der Waals surface area (Å²) in [6, 6.07) is 43.7. The molecule has 0 radical (unpaired) electrons. The third-order valence-electron chi connectivity index (χ3n) is 7.29. The molecule has 4 heteroatoms. The summed E-state index contributed by atoms with van der Waals surface area (Å²) >= 11 is 0. The summed E-state index contributed by atoms with van der Waals surface area (Å²) in [7, 11) is -1.37. The number of carbonyl (C=O) groups excluding carboxylic acids is 1. The first-order chi connectivity index (χ1) is 19.6. The number of benzene rings is 4. The average Bonchev–Trinajstić information content (AvgIpc) is 3.52. The van der Waals surface area contributed by atoms with Crippen molar-refractivity contribution in [2.75, 3.05) is 18.9 Å². The maximum Gasteiger partial charge on any atom is 0.302 e. The fourth-order valence-electron chi connectivity index (χ4n) is 5.43. The summed E-state index contributed by atoms with van der Waals surface area (Å²) < 4.78 is 6.00. The highest BCUT2D eigenvalue weighted by molar-refractivity contribution is 7.74. The lowest BCUT2D eigenvalue weighted by Crippen LogP contribution is -2.39. The van der Waals surface area contributed by atoms with Crippen LogP contribution in [-0.2, 0) is 9.53 Å². The Morgan fingerprint density at radius 1 is 0.675 bits per heavy atom. The third-order valence-corrected chi connectivity index (χ3v) is 13.0. The van der Waals surface area contributed by atoms with Gasteiger partial charge in [-0.2, -0.15) is 0 Å². The molecule has 5 rings (SSSR count). The number of rotatable bonds is 12. The van der Waals surface area contributed by atoms with Gasteiger partial charge in [0.2, 0.25) is 0 Å². The van der Waals surface area contributed by atoms with E-state index in [1.54, 1.807) is 0 Å². The van der Waals surface area contributed by atoms with Crippen molar-refractivity contribution in [2.24, 2.45) is 5.41 Å². The van der Waals surface area contributed by atoms with Crippen molar-refractivity contribution in [1.29, 1.82) is 0 Å². The molecular weight excluding hydrogens is 526 g/mol. The van der Waals surface area contributed by atoms with Crippen LogP contribution in [0.5, 0.6) is 0 Å². The number of hydrogen-bond donors (Lipinski definition) is 0. The van der Waals surface area contributed by atoms with E-state index in [1.165, 1.54) is 33.7 Å². The van der Waals surface area contributed by atoms with Crippen molar-refractivity contribution >= 4 is 43.0 Å². The van der Waals surface area contributed by atoms with Crippen LogP contribution in [0.2, 0.25) is 0 Å². The normalized spacial score (nSPS) is 13.0. The Hall–Kier alpha value is -3.31. The molecule has 0 aromatic heterocycles. The van der Waals surface area contributed by atoms with Crippen LogP contribution in [0.3, 0.4) is 0 Å². The zero-order valence-corrected chi connectivity index (χ0v) is 24.8. The molecule has 4 aromatic carbocycles. The average molecular weight is 563 g/mol. The molecule has 1 aliphatic carbocycles. The maximum atomic E-state index is 12.3. The van der Waals surface area contributed by atoms with E-state index in [0.717, 1.165) is 25.2 Å². The zero-order chi connectivity index (χ0) is 27.6. The minimum Gasteiger partial charge on any atom is -0.465 e. The molecule has 1 aliphatic rings. The second-order valence-corrected chi connectivity index (χ2v) is 14.8. The van der Waals surface area contributed by atoms with Crippen LogP contribution in [-0.4, -0.2) is 24.9 Å². The molecule has 0 atom stereocenters. The zero-order valence-electron chi connectivity index (χ0n) is 23.0. The van der Waals surface area contributed by atoms with Crippen LogP contribution in [0, 0.1) is 5.41 Å². The first-order valence-electron chi connectivity index (χ1n) is 13.9. The molecular formula is C36H36O2P2. The van der Waals surface area contributed by atoms with Gasteiger partial charge in [-0.25, -0.2) is 0 Å². The van der Waals surface area contributed by atoms with E-state index in [9.17, 15) is 4.79 Å². The Morgan fingerprint density at radius 2 is 1.07 bits per heavy atom. The Bertz CT molecular complexity index is 1250. The number of esters is 1. The Labute approximate surface area is 241 Å². The van der Waals surface area contributed by atoms with Gasteiger partial charge >= 0.3 is 5.97 Å². The Balaban J connectivity index is 1.63. The SMILES string of the molecule is CC(=O)OCC(CC1=CC=CC1)(CP(c1ccccc1)c1ccccc1)CP(c1ccccc1)c1ccccc1. The van der Waals surface area contributed by atoms with Crippen molar-refractivity contribution in [3.8, 4) is 0 Å². The molecule has 0 spiro atoms. The van der Waals surface area contributed by atoms with E-state index >= 15 is 0 Å². The van der Waals surface area contributed by atoms with Crippen LogP contribution in [0.4, 0.5) is 0 Å². The molecule has 202 valence electrons. The minimum absolute atomic E-state index is 0.213. The standard InChI is InChI=1S/C36H36O2P2/c1-30(37)38-27-36(26-31-16-14-15-17-31,28-39(32-18-6-2-7-19-32)33-20-8-3-9-21-33)29-40(34-22-10-4-11-23-34)35-24-12-5-13-25-35/h2-16,18-25H,17,26-29H2,1H3. The fourth-order valence-corrected chi connectivity index (χ4v) is 11.0. The van der Waals surface area contributed by atoms with E-state index in [-0.39, 0.29) is 11.4 Å². The lowest BCUT2D eigenvalue weighted by Gasteiger charge is -2.40. The van der Waals surface area contributed by atoms with Crippen molar-refractivity contribution in [2.45, 2.75) is 19.8 Å². The lowest BCUT2D eigenvalue weighted by atomic mass is 9.85. The Kier molecular flexibility index (Phi) is 9.77. The fraction of sp³-hybridized carbons (Fsp3) is 0.194. The predicted octanol–water partition coefficient (Wildman–Crippen LogP) is 7.08. The van der Waals surface area contributed by atoms with E-state index in [4.69, 9.17) is 4.74 Å². The summed E-state index contributed by atoms with van der Waals surface area (Å²) in [5.41, 5.74) is 1.18. The molecule has 0 saturated carbocycles. The summed E-state index contributed by atoms with van der Waals surface area (Å²) in [4.78, 5) is 12.3. The molecule has 40 heavy (non-hydrogen) atoms. The van der Waals surface area contributed by atoms with Gasteiger partial charge < -0.3 is 4.74 Å². The maximum absolute atomic E-state index is 12.3. The van der Waals surface area contributed by atoms with Gasteiger partial charge in [-0.15, -0.1) is 0 Å². The number of ether oxygens (including phenoxy) is 1. The number of carbonyl (C=O) groups is 1. The molecule has 0 aliphatic heterocycles. The molecule has 0 heterocycles. The van der Waals surface area contributed by atoms with Gasteiger partial charge in [0, 0.05) is 12.3 Å². The first kappa shape index (κ1) is 28.2. The minimum atomic E-state index is -0.687. The van der Waals surface area contributed by atoms with Crippen LogP contribution < -0.4 is 21.2 Å². The largest absolute Gasteiger partial charge is 0.465 e.